The van der Waals surface area contributed by atoms with Crippen molar-refractivity contribution in [3.05, 3.63) is 70.5 Å². The monoisotopic (exact) mass is 355 g/mol. The Kier molecular flexibility index (Phi) is 5.00. The van der Waals surface area contributed by atoms with E-state index in [0.717, 1.165) is 22.9 Å². The van der Waals surface area contributed by atoms with Gasteiger partial charge in [0.2, 0.25) is 5.95 Å². The van der Waals surface area contributed by atoms with Crippen LogP contribution in [0.1, 0.15) is 17.0 Å². The molecule has 0 unspecified atom stereocenters. The highest BCUT2D eigenvalue weighted by Gasteiger charge is 2.07. The molecule has 25 heavy (non-hydrogen) atoms. The van der Waals surface area contributed by atoms with Gasteiger partial charge in [-0.15, -0.1) is 0 Å². The second-order valence-corrected chi connectivity index (χ2v) is 5.81. The number of nitrogens with one attached hydrogen (secondary N) is 1. The minimum Gasteiger partial charge on any atom is -0.255 e. The number of hydrazone groups is 1. The Morgan fingerprint density at radius 2 is 1.96 bits per heavy atom. The smallest absolute Gasteiger partial charge is 0.243 e. The third-order valence-corrected chi connectivity index (χ3v) is 3.89. The molecule has 0 amide bonds. The average Bonchev–Trinajstić information content (AvgIpc) is 2.59. The molecule has 0 aliphatic rings. The molecular weight excluding hydrogens is 341 g/mol. The van der Waals surface area contributed by atoms with E-state index in [-0.39, 0.29) is 11.6 Å². The molecular formula is C18H15ClFN5. The predicted octanol–water partition coefficient (Wildman–Crippen LogP) is 4.39. The fourth-order valence-electron chi connectivity index (χ4n) is 2.29. The molecule has 126 valence electrons. The first-order valence-corrected chi connectivity index (χ1v) is 7.92. The van der Waals surface area contributed by atoms with Crippen molar-refractivity contribution < 1.29 is 4.39 Å². The van der Waals surface area contributed by atoms with Crippen LogP contribution in [0.5, 0.6) is 0 Å². The van der Waals surface area contributed by atoms with Gasteiger partial charge in [0.15, 0.2) is 5.82 Å². The van der Waals surface area contributed by atoms with Crippen LogP contribution in [-0.2, 0) is 0 Å². The van der Waals surface area contributed by atoms with Crippen LogP contribution in [0.3, 0.4) is 0 Å². The molecule has 0 saturated heterocycles. The number of pyridine rings is 1. The first-order chi connectivity index (χ1) is 12.0. The van der Waals surface area contributed by atoms with Crippen LogP contribution in [0.2, 0.25) is 5.02 Å². The lowest BCUT2D eigenvalue weighted by atomic mass is 10.0. The van der Waals surface area contributed by atoms with Gasteiger partial charge < -0.3 is 0 Å². The molecule has 3 rings (SSSR count). The summed E-state index contributed by atoms with van der Waals surface area (Å²) in [6, 6.07) is 9.54. The molecule has 2 heterocycles. The van der Waals surface area contributed by atoms with E-state index in [2.05, 4.69) is 25.5 Å². The highest BCUT2D eigenvalue weighted by Crippen LogP contribution is 2.30. The molecule has 0 saturated carbocycles. The first-order valence-electron chi connectivity index (χ1n) is 7.54. The van der Waals surface area contributed by atoms with Gasteiger partial charge in [-0.25, -0.2) is 19.8 Å². The van der Waals surface area contributed by atoms with Crippen molar-refractivity contribution in [2.24, 2.45) is 5.10 Å². The molecule has 0 spiro atoms. The van der Waals surface area contributed by atoms with Crippen LogP contribution in [0.25, 0.3) is 11.1 Å². The van der Waals surface area contributed by atoms with E-state index in [1.165, 1.54) is 6.21 Å². The van der Waals surface area contributed by atoms with Crippen molar-refractivity contribution in [1.82, 2.24) is 15.0 Å². The molecule has 3 aromatic rings. The van der Waals surface area contributed by atoms with E-state index < -0.39 is 5.82 Å². The van der Waals surface area contributed by atoms with Gasteiger partial charge in [0, 0.05) is 22.3 Å². The Morgan fingerprint density at radius 1 is 1.12 bits per heavy atom. The average molecular weight is 356 g/mol. The van der Waals surface area contributed by atoms with E-state index in [1.807, 2.05) is 37.3 Å². The van der Waals surface area contributed by atoms with Gasteiger partial charge in [-0.05, 0) is 31.5 Å². The second-order valence-electron chi connectivity index (χ2n) is 5.40. The van der Waals surface area contributed by atoms with Crippen molar-refractivity contribution in [3.63, 3.8) is 0 Å². The quantitative estimate of drug-likeness (QED) is 0.556. The maximum Gasteiger partial charge on any atom is 0.243 e. The molecule has 0 atom stereocenters. The zero-order valence-electron chi connectivity index (χ0n) is 13.7. The largest absolute Gasteiger partial charge is 0.255 e. The summed E-state index contributed by atoms with van der Waals surface area (Å²) in [7, 11) is 0. The lowest BCUT2D eigenvalue weighted by Gasteiger charge is -2.08. The van der Waals surface area contributed by atoms with Crippen LogP contribution in [-0.4, -0.2) is 21.2 Å². The van der Waals surface area contributed by atoms with Crippen LogP contribution in [0.15, 0.2) is 47.8 Å². The van der Waals surface area contributed by atoms with Crippen molar-refractivity contribution in [3.8, 4) is 11.1 Å². The van der Waals surface area contributed by atoms with Gasteiger partial charge >= 0.3 is 0 Å². The molecule has 5 nitrogen and oxygen atoms in total. The van der Waals surface area contributed by atoms with Crippen molar-refractivity contribution >= 4 is 23.8 Å². The number of hydrogen-bond donors (Lipinski definition) is 1. The normalized spacial score (nSPS) is 11.0. The highest BCUT2D eigenvalue weighted by molar-refractivity contribution is 6.33. The Morgan fingerprint density at radius 3 is 2.64 bits per heavy atom. The number of anilines is 1. The zero-order chi connectivity index (χ0) is 17.8. The molecule has 2 aromatic heterocycles. The third-order valence-electron chi connectivity index (χ3n) is 3.58. The van der Waals surface area contributed by atoms with Crippen molar-refractivity contribution in [2.45, 2.75) is 13.8 Å². The van der Waals surface area contributed by atoms with Crippen molar-refractivity contribution in [2.75, 3.05) is 5.43 Å². The Bertz CT molecular complexity index is 905. The standard InChI is InChI=1S/C18H15ClFN5/c1-11-4-3-5-15(19)17(11)13-6-7-14(21-8-13)9-23-25-18-22-10-16(20)12(2)24-18/h3-10H,1-2H3,(H,22,24,25)/b23-9-. The lowest BCUT2D eigenvalue weighted by molar-refractivity contribution is 0.602. The minimum atomic E-state index is -0.457. The van der Waals surface area contributed by atoms with Gasteiger partial charge in [-0.2, -0.15) is 5.10 Å². The van der Waals surface area contributed by atoms with E-state index in [1.54, 1.807) is 13.1 Å². The second kappa shape index (κ2) is 7.36. The maximum atomic E-state index is 13.1. The van der Waals surface area contributed by atoms with E-state index >= 15 is 0 Å². The molecule has 1 aromatic carbocycles. The summed E-state index contributed by atoms with van der Waals surface area (Å²) < 4.78 is 13.1. The molecule has 0 aliphatic heterocycles. The molecule has 1 N–H and O–H groups in total. The lowest BCUT2D eigenvalue weighted by Crippen LogP contribution is -2.00. The Balaban J connectivity index is 1.73. The number of aromatic nitrogens is 3. The fraction of sp³-hybridized carbons (Fsp3) is 0.111. The molecule has 0 radical (unpaired) electrons. The van der Waals surface area contributed by atoms with Crippen molar-refractivity contribution in [1.29, 1.82) is 0 Å². The summed E-state index contributed by atoms with van der Waals surface area (Å²) in [4.78, 5) is 12.1. The number of hydrogen-bond acceptors (Lipinski definition) is 5. The third kappa shape index (κ3) is 3.97. The van der Waals surface area contributed by atoms with Gasteiger partial charge in [0.25, 0.3) is 0 Å². The molecule has 7 heteroatoms. The summed E-state index contributed by atoms with van der Waals surface area (Å²) in [5, 5.41) is 4.70. The van der Waals surface area contributed by atoms with E-state index in [9.17, 15) is 4.39 Å². The summed E-state index contributed by atoms with van der Waals surface area (Å²) in [5.74, 6) is -0.236. The predicted molar refractivity (Wildman–Crippen MR) is 97.4 cm³/mol. The fourth-order valence-corrected chi connectivity index (χ4v) is 2.62. The Hall–Kier alpha value is -2.86. The van der Waals surface area contributed by atoms with Gasteiger partial charge in [0.1, 0.15) is 0 Å². The topological polar surface area (TPSA) is 63.1 Å². The maximum absolute atomic E-state index is 13.1. The summed E-state index contributed by atoms with van der Waals surface area (Å²) in [6.45, 7) is 3.56. The van der Waals surface area contributed by atoms with E-state index in [0.29, 0.717) is 10.7 Å². The number of nitrogens with zero attached hydrogens (tertiary/aromatic N) is 4. The van der Waals surface area contributed by atoms with Gasteiger partial charge in [0.05, 0.1) is 23.8 Å². The summed E-state index contributed by atoms with van der Waals surface area (Å²) in [6.07, 6.45) is 4.37. The molecule has 0 aliphatic carbocycles. The minimum absolute atomic E-state index is 0.221. The van der Waals surface area contributed by atoms with E-state index in [4.69, 9.17) is 11.6 Å². The number of halogens is 2. The first kappa shape index (κ1) is 17.0. The highest BCUT2D eigenvalue weighted by atomic mass is 35.5. The summed E-state index contributed by atoms with van der Waals surface area (Å²) >= 11 is 6.27. The van der Waals surface area contributed by atoms with Gasteiger partial charge in [-0.1, -0.05) is 29.8 Å². The van der Waals surface area contributed by atoms with Crippen LogP contribution >= 0.6 is 11.6 Å². The van der Waals surface area contributed by atoms with Gasteiger partial charge in [-0.3, -0.25) is 4.98 Å². The SMILES string of the molecule is Cc1cccc(Cl)c1-c1ccc(/C=N\Nc2ncc(F)c(C)n2)nc1. The number of rotatable bonds is 4. The molecule has 0 bridgehead atoms. The number of benzene rings is 1. The number of aryl methyl sites for hydroxylation is 2. The molecule has 0 fully saturated rings. The Labute approximate surface area is 149 Å². The van der Waals surface area contributed by atoms with Crippen LogP contribution < -0.4 is 5.43 Å². The summed E-state index contributed by atoms with van der Waals surface area (Å²) in [5.41, 5.74) is 6.54. The van der Waals surface area contributed by atoms with Crippen LogP contribution in [0, 0.1) is 19.7 Å². The van der Waals surface area contributed by atoms with Crippen LogP contribution in [0.4, 0.5) is 10.3 Å². The zero-order valence-corrected chi connectivity index (χ0v) is 14.4.